The summed E-state index contributed by atoms with van der Waals surface area (Å²) in [7, 11) is -3.19. The number of hydrogen-bond donors (Lipinski definition) is 1. The smallest absolute Gasteiger partial charge is 0.230 e. The molecule has 0 unspecified atom stereocenters. The molecule has 2 aliphatic heterocycles. The van der Waals surface area contributed by atoms with Crippen LogP contribution in [0.25, 0.3) is 0 Å². The van der Waals surface area contributed by atoms with E-state index < -0.39 is 10.0 Å². The van der Waals surface area contributed by atoms with Gasteiger partial charge in [0, 0.05) is 42.8 Å². The molecule has 1 saturated heterocycles. The van der Waals surface area contributed by atoms with Gasteiger partial charge in [-0.15, -0.1) is 0 Å². The molecular weight excluding hydrogens is 366 g/mol. The molecule has 146 valence electrons. The Kier molecular flexibility index (Phi) is 4.71. The zero-order valence-electron chi connectivity index (χ0n) is 15.5. The molecule has 0 atom stereocenters. The number of benzene rings is 1. The number of nitrogens with one attached hydrogen (secondary N) is 1. The van der Waals surface area contributed by atoms with Crippen molar-refractivity contribution in [2.75, 3.05) is 36.1 Å². The van der Waals surface area contributed by atoms with Crippen LogP contribution in [0.5, 0.6) is 0 Å². The maximum absolute atomic E-state index is 12.6. The van der Waals surface area contributed by atoms with Gasteiger partial charge in [0.2, 0.25) is 21.8 Å². The Morgan fingerprint density at radius 2 is 1.74 bits per heavy atom. The highest BCUT2D eigenvalue weighted by Gasteiger charge is 2.36. The van der Waals surface area contributed by atoms with Crippen molar-refractivity contribution in [1.29, 1.82) is 0 Å². The van der Waals surface area contributed by atoms with Gasteiger partial charge in [0.25, 0.3) is 0 Å². The molecule has 4 rings (SSSR count). The minimum Gasteiger partial charge on any atom is -0.326 e. The van der Waals surface area contributed by atoms with Crippen LogP contribution < -0.4 is 10.2 Å². The lowest BCUT2D eigenvalue weighted by Gasteiger charge is -2.29. The highest BCUT2D eigenvalue weighted by atomic mass is 32.2. The SMILES string of the molecule is CS(=O)(=O)N1CCC(C(=O)Nc2ccc3c(c2)CCN3C(=O)C2CC2)CC1. The van der Waals surface area contributed by atoms with Crippen molar-refractivity contribution in [3.8, 4) is 0 Å². The van der Waals surface area contributed by atoms with Crippen molar-refractivity contribution in [2.45, 2.75) is 32.1 Å². The van der Waals surface area contributed by atoms with E-state index in [-0.39, 0.29) is 23.7 Å². The van der Waals surface area contributed by atoms with Crippen LogP contribution >= 0.6 is 0 Å². The van der Waals surface area contributed by atoms with E-state index in [0.717, 1.165) is 36.2 Å². The standard InChI is InChI=1S/C19H25N3O4S/c1-27(25,26)21-9-6-13(7-10-21)18(23)20-16-4-5-17-15(12-16)8-11-22(17)19(24)14-2-3-14/h4-5,12-14H,2-3,6-11H2,1H3,(H,20,23). The van der Waals surface area contributed by atoms with Gasteiger partial charge < -0.3 is 10.2 Å². The molecule has 1 aliphatic carbocycles. The largest absolute Gasteiger partial charge is 0.326 e. The second-order valence-electron chi connectivity index (χ2n) is 7.78. The second kappa shape index (κ2) is 6.91. The normalized spacial score (nSPS) is 21.1. The van der Waals surface area contributed by atoms with E-state index in [1.54, 1.807) is 0 Å². The third-order valence-corrected chi connectivity index (χ3v) is 7.03. The molecule has 1 aromatic rings. The molecule has 0 aromatic heterocycles. The summed E-state index contributed by atoms with van der Waals surface area (Å²) in [6, 6.07) is 5.73. The zero-order chi connectivity index (χ0) is 19.2. The molecule has 2 fully saturated rings. The Bertz CT molecular complexity index is 871. The molecule has 2 amide bonds. The Morgan fingerprint density at radius 1 is 1.04 bits per heavy atom. The highest BCUT2D eigenvalue weighted by Crippen LogP contribution is 2.37. The molecular formula is C19H25N3O4S. The lowest BCUT2D eigenvalue weighted by molar-refractivity contribution is -0.121. The predicted molar refractivity (Wildman–Crippen MR) is 103 cm³/mol. The molecule has 1 N–H and O–H groups in total. The van der Waals surface area contributed by atoms with E-state index in [1.807, 2.05) is 23.1 Å². The average Bonchev–Trinajstić information content (AvgIpc) is 3.40. The molecule has 0 radical (unpaired) electrons. The van der Waals surface area contributed by atoms with Gasteiger partial charge in [-0.25, -0.2) is 12.7 Å². The summed E-state index contributed by atoms with van der Waals surface area (Å²) in [5.41, 5.74) is 2.80. The summed E-state index contributed by atoms with van der Waals surface area (Å²) >= 11 is 0. The second-order valence-corrected chi connectivity index (χ2v) is 9.77. The third-order valence-electron chi connectivity index (χ3n) is 5.73. The Hall–Kier alpha value is -1.93. The number of rotatable bonds is 4. The molecule has 1 aromatic carbocycles. The summed E-state index contributed by atoms with van der Waals surface area (Å²) in [4.78, 5) is 26.8. The molecule has 7 nitrogen and oxygen atoms in total. The number of anilines is 2. The van der Waals surface area contributed by atoms with Crippen LogP contribution in [0.1, 0.15) is 31.2 Å². The quantitative estimate of drug-likeness (QED) is 0.845. The van der Waals surface area contributed by atoms with Crippen LogP contribution in [0.2, 0.25) is 0 Å². The van der Waals surface area contributed by atoms with Gasteiger partial charge in [0.1, 0.15) is 0 Å². The highest BCUT2D eigenvalue weighted by molar-refractivity contribution is 7.88. The van der Waals surface area contributed by atoms with Gasteiger partial charge in [0.05, 0.1) is 6.26 Å². The van der Waals surface area contributed by atoms with E-state index in [9.17, 15) is 18.0 Å². The maximum atomic E-state index is 12.6. The number of piperidine rings is 1. The molecule has 2 heterocycles. The van der Waals surface area contributed by atoms with Crippen LogP contribution in [0.15, 0.2) is 18.2 Å². The van der Waals surface area contributed by atoms with Crippen LogP contribution in [-0.2, 0) is 26.0 Å². The summed E-state index contributed by atoms with van der Waals surface area (Å²) < 4.78 is 24.6. The fourth-order valence-electron chi connectivity index (χ4n) is 3.95. The van der Waals surface area contributed by atoms with Gasteiger partial charge in [-0.2, -0.15) is 0 Å². The monoisotopic (exact) mass is 391 g/mol. The topological polar surface area (TPSA) is 86.8 Å². The van der Waals surface area contributed by atoms with E-state index in [2.05, 4.69) is 5.32 Å². The van der Waals surface area contributed by atoms with Crippen LogP contribution in [0.4, 0.5) is 11.4 Å². The molecule has 8 heteroatoms. The Labute approximate surface area is 159 Å². The van der Waals surface area contributed by atoms with Gasteiger partial charge in [-0.3, -0.25) is 9.59 Å². The van der Waals surface area contributed by atoms with Crippen molar-refractivity contribution in [2.24, 2.45) is 11.8 Å². The van der Waals surface area contributed by atoms with Crippen molar-refractivity contribution >= 4 is 33.2 Å². The summed E-state index contributed by atoms with van der Waals surface area (Å²) in [6.07, 6.45) is 5.08. The minimum absolute atomic E-state index is 0.0630. The van der Waals surface area contributed by atoms with Crippen LogP contribution in [0, 0.1) is 11.8 Å². The number of amides is 2. The number of sulfonamides is 1. The third kappa shape index (κ3) is 3.87. The first-order valence-electron chi connectivity index (χ1n) is 9.53. The summed E-state index contributed by atoms with van der Waals surface area (Å²) in [5, 5.41) is 2.96. The zero-order valence-corrected chi connectivity index (χ0v) is 16.3. The maximum Gasteiger partial charge on any atom is 0.230 e. The van der Waals surface area contributed by atoms with Crippen LogP contribution in [0.3, 0.4) is 0 Å². The number of carbonyl (C=O) groups is 2. The Morgan fingerprint density at radius 3 is 2.37 bits per heavy atom. The lowest BCUT2D eigenvalue weighted by Crippen LogP contribution is -2.40. The fourth-order valence-corrected chi connectivity index (χ4v) is 4.83. The van der Waals surface area contributed by atoms with E-state index in [1.165, 1.54) is 10.6 Å². The van der Waals surface area contributed by atoms with Gasteiger partial charge in [-0.1, -0.05) is 0 Å². The molecule has 0 bridgehead atoms. The van der Waals surface area contributed by atoms with Crippen molar-refractivity contribution in [3.05, 3.63) is 23.8 Å². The summed E-state index contributed by atoms with van der Waals surface area (Å²) in [5.74, 6) is 0.188. The number of hydrogen-bond acceptors (Lipinski definition) is 4. The molecule has 1 saturated carbocycles. The average molecular weight is 391 g/mol. The van der Waals surface area contributed by atoms with Gasteiger partial charge in [-0.05, 0) is 55.9 Å². The molecule has 0 spiro atoms. The summed E-state index contributed by atoms with van der Waals surface area (Å²) in [6.45, 7) is 1.49. The van der Waals surface area contributed by atoms with Crippen molar-refractivity contribution < 1.29 is 18.0 Å². The van der Waals surface area contributed by atoms with Gasteiger partial charge in [0.15, 0.2) is 0 Å². The van der Waals surface area contributed by atoms with Crippen molar-refractivity contribution in [3.63, 3.8) is 0 Å². The first kappa shape index (κ1) is 18.4. The Balaban J connectivity index is 1.38. The van der Waals surface area contributed by atoms with E-state index in [0.29, 0.717) is 32.5 Å². The van der Waals surface area contributed by atoms with E-state index in [4.69, 9.17) is 0 Å². The molecule has 3 aliphatic rings. The lowest BCUT2D eigenvalue weighted by atomic mass is 9.97. The molecule has 27 heavy (non-hydrogen) atoms. The van der Waals surface area contributed by atoms with E-state index >= 15 is 0 Å². The van der Waals surface area contributed by atoms with Gasteiger partial charge >= 0.3 is 0 Å². The number of nitrogens with zero attached hydrogens (tertiary/aromatic N) is 2. The minimum atomic E-state index is -3.19. The van der Waals surface area contributed by atoms with Crippen molar-refractivity contribution in [1.82, 2.24) is 4.31 Å². The van der Waals surface area contributed by atoms with Crippen LogP contribution in [-0.4, -0.2) is 50.4 Å². The predicted octanol–water partition coefficient (Wildman–Crippen LogP) is 1.60. The first-order valence-corrected chi connectivity index (χ1v) is 11.4. The number of carbonyl (C=O) groups excluding carboxylic acids is 2. The first-order chi connectivity index (χ1) is 12.8. The fraction of sp³-hybridized carbons (Fsp3) is 0.579. The number of fused-ring (bicyclic) bond motifs is 1.